The number of fused-ring (bicyclic) bond motifs is 2. The second-order valence-corrected chi connectivity index (χ2v) is 17.2. The monoisotopic (exact) mass is 877 g/mol. The molecule has 348 valence electrons. The van der Waals surface area contributed by atoms with Crippen molar-refractivity contribution in [1.82, 2.24) is 0 Å². The van der Waals surface area contributed by atoms with E-state index in [0.29, 0.717) is 49.4 Å². The predicted molar refractivity (Wildman–Crippen MR) is 258 cm³/mol. The average Bonchev–Trinajstić information content (AvgIpc) is 3.32. The quantitative estimate of drug-likeness (QED) is 0.0378. The van der Waals surface area contributed by atoms with Crippen molar-refractivity contribution in [3.05, 3.63) is 106 Å². The smallest absolute Gasteiger partial charge is 0.204 e. The fourth-order valence-electron chi connectivity index (χ4n) is 8.07. The summed E-state index contributed by atoms with van der Waals surface area (Å²) in [6.45, 7) is 10.9. The van der Waals surface area contributed by atoms with Crippen LogP contribution >= 0.6 is 0 Å². The molecule has 0 fully saturated rings. The normalized spacial score (nSPS) is 11.9. The first-order valence-electron chi connectivity index (χ1n) is 24.9. The first-order valence-corrected chi connectivity index (χ1v) is 24.9. The average molecular weight is 877 g/mol. The molecule has 8 nitrogen and oxygen atoms in total. The van der Waals surface area contributed by atoms with Gasteiger partial charge >= 0.3 is 0 Å². The number of ether oxygens (including phenoxy) is 6. The second kappa shape index (κ2) is 28.7. The van der Waals surface area contributed by atoms with Crippen LogP contribution in [0, 0.1) is 0 Å². The third-order valence-electron chi connectivity index (χ3n) is 11.8. The predicted octanol–water partition coefficient (Wildman–Crippen LogP) is 15.0. The summed E-state index contributed by atoms with van der Waals surface area (Å²) < 4.78 is 39.7. The molecule has 0 aromatic heterocycles. The van der Waals surface area contributed by atoms with Crippen molar-refractivity contribution in [2.45, 2.75) is 169 Å². The van der Waals surface area contributed by atoms with Gasteiger partial charge in [-0.15, -0.1) is 0 Å². The van der Waals surface area contributed by atoms with Gasteiger partial charge in [-0.25, -0.2) is 0 Å². The molecule has 0 atom stereocenters. The first-order chi connectivity index (χ1) is 31.5. The van der Waals surface area contributed by atoms with Gasteiger partial charge in [0.25, 0.3) is 0 Å². The minimum Gasteiger partial charge on any atom is -0.490 e. The van der Waals surface area contributed by atoms with Gasteiger partial charge in [0.05, 0.1) is 37.6 Å². The van der Waals surface area contributed by atoms with E-state index in [0.717, 1.165) is 114 Å². The highest BCUT2D eigenvalue weighted by Crippen LogP contribution is 2.51. The number of ketones is 2. The van der Waals surface area contributed by atoms with E-state index in [4.69, 9.17) is 28.4 Å². The van der Waals surface area contributed by atoms with Crippen molar-refractivity contribution in [3.63, 3.8) is 0 Å². The Morgan fingerprint density at radius 1 is 0.344 bits per heavy atom. The third-order valence-corrected chi connectivity index (χ3v) is 11.8. The summed E-state index contributed by atoms with van der Waals surface area (Å²) in [5, 5.41) is 0. The molecule has 0 amide bonds. The Balaban J connectivity index is 1.64. The van der Waals surface area contributed by atoms with Crippen LogP contribution in [0.1, 0.15) is 199 Å². The molecule has 4 aromatic carbocycles. The van der Waals surface area contributed by atoms with E-state index in [1.165, 1.54) is 25.7 Å². The summed E-state index contributed by atoms with van der Waals surface area (Å²) in [6.07, 6.45) is 21.2. The van der Waals surface area contributed by atoms with Crippen LogP contribution in [0.25, 0.3) is 0 Å². The Hall–Kier alpha value is -4.98. The van der Waals surface area contributed by atoms with Gasteiger partial charge < -0.3 is 28.4 Å². The molecule has 8 heteroatoms. The van der Waals surface area contributed by atoms with Gasteiger partial charge in [0.15, 0.2) is 34.6 Å². The van der Waals surface area contributed by atoms with Gasteiger partial charge in [0.2, 0.25) is 11.5 Å². The van der Waals surface area contributed by atoms with Gasteiger partial charge in [-0.2, -0.15) is 0 Å². The summed E-state index contributed by atoms with van der Waals surface area (Å²) in [4.78, 5) is 30.8. The zero-order valence-corrected chi connectivity index (χ0v) is 39.6. The van der Waals surface area contributed by atoms with Crippen molar-refractivity contribution in [2.24, 2.45) is 0 Å². The Bertz CT molecular complexity index is 1830. The summed E-state index contributed by atoms with van der Waals surface area (Å²) in [5.41, 5.74) is 2.54. The summed E-state index contributed by atoms with van der Waals surface area (Å²) in [7, 11) is 0. The molecule has 4 aromatic rings. The molecule has 0 N–H and O–H groups in total. The topological polar surface area (TPSA) is 89.5 Å². The maximum absolute atomic E-state index is 15.4. The highest BCUT2D eigenvalue weighted by molar-refractivity contribution is 6.31. The zero-order chi connectivity index (χ0) is 45.2. The van der Waals surface area contributed by atoms with E-state index in [9.17, 15) is 0 Å². The molecule has 0 aliphatic heterocycles. The number of hydrogen-bond donors (Lipinski definition) is 0. The second-order valence-electron chi connectivity index (χ2n) is 17.2. The molecule has 1 aliphatic rings. The highest BCUT2D eigenvalue weighted by atomic mass is 16.5. The van der Waals surface area contributed by atoms with Gasteiger partial charge in [-0.1, -0.05) is 191 Å². The van der Waals surface area contributed by atoms with Crippen LogP contribution in [-0.4, -0.2) is 38.0 Å². The SMILES string of the molecule is CCCCCCCOc1cc2c(c(OCc3ccccc3)c1OCCCCCCC)C(=O)c1cc(OCCCCCCC)c(OCCCCCCC)c(OCc3ccccc3)c1C2=O. The summed E-state index contributed by atoms with van der Waals surface area (Å²) in [5.74, 6) is 1.22. The maximum Gasteiger partial charge on any atom is 0.204 e. The van der Waals surface area contributed by atoms with Crippen LogP contribution in [0.5, 0.6) is 34.5 Å². The Kier molecular flexibility index (Phi) is 22.5. The molecule has 0 saturated carbocycles. The highest BCUT2D eigenvalue weighted by Gasteiger charge is 2.41. The number of rotatable bonds is 34. The van der Waals surface area contributed by atoms with Crippen molar-refractivity contribution in [3.8, 4) is 34.5 Å². The Morgan fingerprint density at radius 3 is 0.984 bits per heavy atom. The van der Waals surface area contributed by atoms with Crippen LogP contribution in [-0.2, 0) is 13.2 Å². The van der Waals surface area contributed by atoms with Crippen LogP contribution in [0.15, 0.2) is 72.8 Å². The lowest BCUT2D eigenvalue weighted by molar-refractivity contribution is 0.0967. The minimum atomic E-state index is -0.366. The molecule has 0 spiro atoms. The molecule has 0 radical (unpaired) electrons. The minimum absolute atomic E-state index is 0.161. The summed E-state index contributed by atoms with van der Waals surface area (Å²) in [6, 6.07) is 23.1. The maximum atomic E-state index is 15.4. The fraction of sp³-hybridized carbons (Fsp3) is 0.536. The molecule has 0 unspecified atom stereocenters. The fourth-order valence-corrected chi connectivity index (χ4v) is 8.07. The molecule has 1 aliphatic carbocycles. The van der Waals surface area contributed by atoms with Crippen LogP contribution in [0.4, 0.5) is 0 Å². The molecule has 5 rings (SSSR count). The lowest BCUT2D eigenvalue weighted by Crippen LogP contribution is -2.25. The van der Waals surface area contributed by atoms with E-state index in [2.05, 4.69) is 27.7 Å². The van der Waals surface area contributed by atoms with Gasteiger partial charge in [0.1, 0.15) is 13.2 Å². The van der Waals surface area contributed by atoms with E-state index in [-0.39, 0.29) is 58.5 Å². The van der Waals surface area contributed by atoms with Crippen molar-refractivity contribution in [1.29, 1.82) is 0 Å². The molecular weight excluding hydrogens is 801 g/mol. The third kappa shape index (κ3) is 15.1. The largest absolute Gasteiger partial charge is 0.490 e. The number of hydrogen-bond acceptors (Lipinski definition) is 8. The number of carbonyl (C=O) groups excluding carboxylic acids is 2. The number of carbonyl (C=O) groups is 2. The van der Waals surface area contributed by atoms with E-state index in [1.54, 1.807) is 12.1 Å². The van der Waals surface area contributed by atoms with Crippen molar-refractivity contribution < 1.29 is 38.0 Å². The van der Waals surface area contributed by atoms with Gasteiger partial charge in [-0.05, 0) is 48.9 Å². The Morgan fingerprint density at radius 2 is 0.656 bits per heavy atom. The molecule has 0 bridgehead atoms. The molecule has 0 heterocycles. The van der Waals surface area contributed by atoms with E-state index >= 15 is 9.59 Å². The number of benzene rings is 4. The van der Waals surface area contributed by atoms with Crippen LogP contribution < -0.4 is 28.4 Å². The van der Waals surface area contributed by atoms with Crippen LogP contribution in [0.3, 0.4) is 0 Å². The van der Waals surface area contributed by atoms with Gasteiger partial charge in [0, 0.05) is 11.1 Å². The zero-order valence-electron chi connectivity index (χ0n) is 39.6. The first kappa shape index (κ1) is 50.0. The molecule has 64 heavy (non-hydrogen) atoms. The van der Waals surface area contributed by atoms with E-state index < -0.39 is 0 Å². The number of unbranched alkanes of at least 4 members (excludes halogenated alkanes) is 16. The standard InChI is InChI=1S/C56H76O8/c1-5-9-13-17-27-35-59-47-39-45-49(55(63-41-43-31-23-21-24-32-43)53(47)61-37-29-19-15-11-7-3)52(58)46-40-48(60-36-28-18-14-10-6-2)54(62-38-30-20-16-12-8-4)56(50(46)51(45)57)64-42-44-33-25-22-26-34-44/h21-26,31-34,39-40H,5-20,27-30,35-38,41-42H2,1-4H3. The molecule has 0 saturated heterocycles. The van der Waals surface area contributed by atoms with Crippen molar-refractivity contribution in [2.75, 3.05) is 26.4 Å². The van der Waals surface area contributed by atoms with Gasteiger partial charge in [-0.3, -0.25) is 9.59 Å². The Labute approximate surface area is 384 Å². The lowest BCUT2D eigenvalue weighted by Gasteiger charge is -2.27. The summed E-state index contributed by atoms with van der Waals surface area (Å²) >= 11 is 0. The van der Waals surface area contributed by atoms with Crippen molar-refractivity contribution >= 4 is 11.6 Å². The molecular formula is C56H76O8. The van der Waals surface area contributed by atoms with Crippen LogP contribution in [0.2, 0.25) is 0 Å². The lowest BCUT2D eigenvalue weighted by atomic mass is 9.82. The van der Waals surface area contributed by atoms with E-state index in [1.807, 2.05) is 60.7 Å².